The molecule has 0 aliphatic rings. The van der Waals surface area contributed by atoms with E-state index < -0.39 is 5.97 Å². The number of allylic oxidation sites excluding steroid dienone is 1. The second-order valence-electron chi connectivity index (χ2n) is 6.19. The van der Waals surface area contributed by atoms with Gasteiger partial charge in [0.25, 0.3) is 0 Å². The molecule has 0 fully saturated rings. The van der Waals surface area contributed by atoms with Gasteiger partial charge in [-0.3, -0.25) is 0 Å². The van der Waals surface area contributed by atoms with Gasteiger partial charge in [-0.2, -0.15) is 5.26 Å². The number of methoxy groups -OCH3 is 1. The average molecular weight is 420 g/mol. The Bertz CT molecular complexity index is 1100. The van der Waals surface area contributed by atoms with Gasteiger partial charge >= 0.3 is 5.97 Å². The molecule has 0 unspecified atom stereocenters. The minimum absolute atomic E-state index is 0.249. The highest BCUT2D eigenvalue weighted by molar-refractivity contribution is 6.30. The summed E-state index contributed by atoms with van der Waals surface area (Å²) in [5, 5.41) is 10.1. The fourth-order valence-corrected chi connectivity index (χ4v) is 2.76. The maximum atomic E-state index is 12.1. The molecule has 0 saturated heterocycles. The molecule has 0 spiro atoms. The van der Waals surface area contributed by atoms with Gasteiger partial charge in [-0.15, -0.1) is 0 Å². The summed E-state index contributed by atoms with van der Waals surface area (Å²) in [4.78, 5) is 12.1. The van der Waals surface area contributed by atoms with Crippen LogP contribution < -0.4 is 14.2 Å². The quantitative estimate of drug-likeness (QED) is 0.222. The Kier molecular flexibility index (Phi) is 7.09. The van der Waals surface area contributed by atoms with Crippen LogP contribution in [-0.2, 0) is 4.79 Å². The lowest BCUT2D eigenvalue weighted by atomic mass is 10.0. The third kappa shape index (κ3) is 5.87. The van der Waals surface area contributed by atoms with E-state index in [1.807, 2.05) is 6.07 Å². The minimum Gasteiger partial charge on any atom is -0.497 e. The van der Waals surface area contributed by atoms with E-state index in [9.17, 15) is 10.1 Å². The van der Waals surface area contributed by atoms with Crippen molar-refractivity contribution in [3.05, 3.63) is 88.9 Å². The summed E-state index contributed by atoms with van der Waals surface area (Å²) in [6.07, 6.45) is 1.72. The first-order valence-corrected chi connectivity index (χ1v) is 9.40. The fraction of sp³-hybridized carbons (Fsp3) is 0.0833. The van der Waals surface area contributed by atoms with E-state index in [1.54, 1.807) is 79.9 Å². The van der Waals surface area contributed by atoms with Gasteiger partial charge in [0.2, 0.25) is 0 Å². The second-order valence-corrected chi connectivity index (χ2v) is 6.63. The Labute approximate surface area is 179 Å². The first-order valence-electron chi connectivity index (χ1n) is 9.03. The SMILES string of the molecule is COc1cccc(OCC(=O)Oc2cccc(/C=C(/C#N)c3ccc(Cl)cc3)c2)c1. The van der Waals surface area contributed by atoms with E-state index in [4.69, 9.17) is 25.8 Å². The maximum absolute atomic E-state index is 12.1. The fourth-order valence-electron chi connectivity index (χ4n) is 2.64. The summed E-state index contributed by atoms with van der Waals surface area (Å²) in [7, 11) is 1.56. The van der Waals surface area contributed by atoms with E-state index in [-0.39, 0.29) is 6.61 Å². The third-order valence-corrected chi connectivity index (χ3v) is 4.33. The maximum Gasteiger partial charge on any atom is 0.349 e. The minimum atomic E-state index is -0.544. The van der Waals surface area contributed by atoms with Crippen molar-refractivity contribution in [2.75, 3.05) is 13.7 Å². The predicted octanol–water partition coefficient (Wildman–Crippen LogP) is 5.40. The summed E-state index contributed by atoms with van der Waals surface area (Å²) < 4.78 is 15.9. The zero-order valence-corrected chi connectivity index (χ0v) is 16.9. The Morgan fingerprint density at radius 2 is 1.70 bits per heavy atom. The molecular weight excluding hydrogens is 402 g/mol. The number of nitrogens with zero attached hydrogens (tertiary/aromatic N) is 1. The molecule has 0 bridgehead atoms. The topological polar surface area (TPSA) is 68.6 Å². The number of carbonyl (C=O) groups excluding carboxylic acids is 1. The van der Waals surface area contributed by atoms with Crippen molar-refractivity contribution < 1.29 is 19.0 Å². The van der Waals surface area contributed by atoms with Gasteiger partial charge in [-0.1, -0.05) is 41.9 Å². The van der Waals surface area contributed by atoms with Crippen LogP contribution in [0, 0.1) is 11.3 Å². The van der Waals surface area contributed by atoms with Gasteiger partial charge in [0, 0.05) is 11.1 Å². The number of carbonyl (C=O) groups is 1. The van der Waals surface area contributed by atoms with Crippen molar-refractivity contribution in [1.82, 2.24) is 0 Å². The largest absolute Gasteiger partial charge is 0.497 e. The van der Waals surface area contributed by atoms with Gasteiger partial charge in [-0.05, 0) is 53.6 Å². The van der Waals surface area contributed by atoms with Gasteiger partial charge in [-0.25, -0.2) is 4.79 Å². The summed E-state index contributed by atoms with van der Waals surface area (Å²) in [6.45, 7) is -0.249. The van der Waals surface area contributed by atoms with Crippen LogP contribution in [-0.4, -0.2) is 19.7 Å². The molecule has 0 radical (unpaired) electrons. The summed E-state index contributed by atoms with van der Waals surface area (Å²) in [6, 6.07) is 23.0. The lowest BCUT2D eigenvalue weighted by Crippen LogP contribution is -2.17. The smallest absolute Gasteiger partial charge is 0.349 e. The van der Waals surface area contributed by atoms with E-state index >= 15 is 0 Å². The number of hydrogen-bond acceptors (Lipinski definition) is 5. The molecule has 0 atom stereocenters. The van der Waals surface area contributed by atoms with Crippen molar-refractivity contribution in [2.24, 2.45) is 0 Å². The molecule has 6 heteroatoms. The van der Waals surface area contributed by atoms with Crippen LogP contribution in [0.15, 0.2) is 72.8 Å². The summed E-state index contributed by atoms with van der Waals surface area (Å²) >= 11 is 5.90. The van der Waals surface area contributed by atoms with Crippen molar-refractivity contribution in [1.29, 1.82) is 5.26 Å². The number of ether oxygens (including phenoxy) is 3. The summed E-state index contributed by atoms with van der Waals surface area (Å²) in [5.74, 6) is 0.951. The first kappa shape index (κ1) is 21.0. The van der Waals surface area contributed by atoms with E-state index in [0.717, 1.165) is 11.1 Å². The molecule has 0 N–H and O–H groups in total. The normalized spacial score (nSPS) is 10.8. The van der Waals surface area contributed by atoms with Crippen LogP contribution in [0.25, 0.3) is 11.6 Å². The highest BCUT2D eigenvalue weighted by Crippen LogP contribution is 2.22. The second kappa shape index (κ2) is 10.1. The van der Waals surface area contributed by atoms with Crippen molar-refractivity contribution >= 4 is 29.2 Å². The number of nitriles is 1. The molecule has 0 aromatic heterocycles. The zero-order valence-electron chi connectivity index (χ0n) is 16.2. The molecule has 0 amide bonds. The predicted molar refractivity (Wildman–Crippen MR) is 116 cm³/mol. The Morgan fingerprint density at radius 3 is 2.43 bits per heavy atom. The lowest BCUT2D eigenvalue weighted by Gasteiger charge is -2.08. The van der Waals surface area contributed by atoms with E-state index in [1.165, 1.54) is 0 Å². The molecule has 150 valence electrons. The van der Waals surface area contributed by atoms with Gasteiger partial charge in [0.05, 0.1) is 18.8 Å². The highest BCUT2D eigenvalue weighted by atomic mass is 35.5. The number of hydrogen-bond donors (Lipinski definition) is 0. The molecule has 30 heavy (non-hydrogen) atoms. The van der Waals surface area contributed by atoms with E-state index in [2.05, 4.69) is 6.07 Å². The Hall–Kier alpha value is -3.75. The number of rotatable bonds is 7. The van der Waals surface area contributed by atoms with Crippen LogP contribution in [0.4, 0.5) is 0 Å². The average Bonchev–Trinajstić information content (AvgIpc) is 2.77. The Balaban J connectivity index is 1.66. The standard InChI is InChI=1S/C24H18ClNO4/c1-28-21-5-3-6-22(14-21)29-16-24(27)30-23-7-2-4-17(13-23)12-19(15-26)18-8-10-20(25)11-9-18/h2-14H,16H2,1H3/b19-12-. The van der Waals surface area contributed by atoms with Crippen LogP contribution in [0.1, 0.15) is 11.1 Å². The van der Waals surface area contributed by atoms with Gasteiger partial charge < -0.3 is 14.2 Å². The molecule has 0 aliphatic carbocycles. The zero-order chi connectivity index (χ0) is 21.3. The molecule has 0 aliphatic heterocycles. The van der Waals surface area contributed by atoms with Crippen LogP contribution >= 0.6 is 11.6 Å². The molecule has 3 aromatic rings. The third-order valence-electron chi connectivity index (χ3n) is 4.07. The molecule has 5 nitrogen and oxygen atoms in total. The van der Waals surface area contributed by atoms with Crippen molar-refractivity contribution in [3.8, 4) is 23.3 Å². The van der Waals surface area contributed by atoms with Crippen LogP contribution in [0.2, 0.25) is 5.02 Å². The molecule has 0 saturated carbocycles. The van der Waals surface area contributed by atoms with Crippen LogP contribution in [0.3, 0.4) is 0 Å². The van der Waals surface area contributed by atoms with Crippen molar-refractivity contribution in [2.45, 2.75) is 0 Å². The molecule has 3 rings (SSSR count). The molecular formula is C24H18ClNO4. The monoisotopic (exact) mass is 419 g/mol. The van der Waals surface area contributed by atoms with Gasteiger partial charge in [0.15, 0.2) is 6.61 Å². The molecule has 3 aromatic carbocycles. The summed E-state index contributed by atoms with van der Waals surface area (Å²) in [5.41, 5.74) is 1.94. The van der Waals surface area contributed by atoms with E-state index in [0.29, 0.717) is 27.8 Å². The number of esters is 1. The number of halogens is 1. The highest BCUT2D eigenvalue weighted by Gasteiger charge is 2.08. The first-order chi connectivity index (χ1) is 14.6. The van der Waals surface area contributed by atoms with Crippen LogP contribution in [0.5, 0.6) is 17.2 Å². The van der Waals surface area contributed by atoms with Crippen molar-refractivity contribution in [3.63, 3.8) is 0 Å². The lowest BCUT2D eigenvalue weighted by molar-refractivity contribution is -0.136. The number of benzene rings is 3. The molecule has 0 heterocycles. The van der Waals surface area contributed by atoms with Gasteiger partial charge in [0.1, 0.15) is 17.2 Å². The Morgan fingerprint density at radius 1 is 1.00 bits per heavy atom.